The van der Waals surface area contributed by atoms with Crippen molar-refractivity contribution in [3.8, 4) is 11.3 Å². The Morgan fingerprint density at radius 3 is 2.38 bits per heavy atom. The van der Waals surface area contributed by atoms with Gasteiger partial charge in [-0.2, -0.15) is 5.10 Å². The van der Waals surface area contributed by atoms with E-state index in [1.165, 1.54) is 6.26 Å². The topological polar surface area (TPSA) is 117 Å². The van der Waals surface area contributed by atoms with Gasteiger partial charge in [0.25, 0.3) is 0 Å². The summed E-state index contributed by atoms with van der Waals surface area (Å²) in [5.41, 5.74) is 2.52. The molecule has 2 aromatic heterocycles. The highest BCUT2D eigenvalue weighted by Crippen LogP contribution is 2.28. The Hall–Kier alpha value is -3.72. The van der Waals surface area contributed by atoms with E-state index in [1.54, 1.807) is 36.5 Å². The van der Waals surface area contributed by atoms with Crippen molar-refractivity contribution in [2.45, 2.75) is 24.3 Å². The highest BCUT2D eigenvalue weighted by Gasteiger charge is 2.23. The third-order valence-corrected chi connectivity index (χ3v) is 6.29. The third kappa shape index (κ3) is 4.47. The lowest BCUT2D eigenvalue weighted by atomic mass is 9.95. The number of carbonyl (C=O) groups is 1. The molecule has 0 aliphatic heterocycles. The summed E-state index contributed by atoms with van der Waals surface area (Å²) in [6.07, 6.45) is 2.79. The Balaban J connectivity index is 1.52. The number of urea groups is 1. The van der Waals surface area contributed by atoms with E-state index >= 15 is 0 Å². The van der Waals surface area contributed by atoms with E-state index in [4.69, 9.17) is 0 Å². The van der Waals surface area contributed by atoms with E-state index in [0.29, 0.717) is 17.0 Å². The molecule has 0 radical (unpaired) electrons. The number of sulfone groups is 1. The predicted molar refractivity (Wildman–Crippen MR) is 124 cm³/mol. The maximum absolute atomic E-state index is 12.5. The second-order valence-electron chi connectivity index (χ2n) is 8.05. The number of hydrogen-bond donors (Lipinski definition) is 3. The van der Waals surface area contributed by atoms with E-state index in [2.05, 4.69) is 25.8 Å². The van der Waals surface area contributed by atoms with E-state index in [-0.39, 0.29) is 10.9 Å². The average Bonchev–Trinajstić information content (AvgIpc) is 3.16. The first-order valence-corrected chi connectivity index (χ1v) is 11.8. The van der Waals surface area contributed by atoms with Crippen LogP contribution in [0.1, 0.15) is 19.4 Å². The van der Waals surface area contributed by atoms with E-state index in [0.717, 1.165) is 16.5 Å². The number of nitrogens with zero attached hydrogens (tertiary/aromatic N) is 2. The minimum Gasteiger partial charge on any atom is -0.329 e. The maximum atomic E-state index is 12.5. The van der Waals surface area contributed by atoms with Gasteiger partial charge in [0.2, 0.25) is 0 Å². The van der Waals surface area contributed by atoms with E-state index in [9.17, 15) is 13.2 Å². The Morgan fingerprint density at radius 2 is 1.72 bits per heavy atom. The summed E-state index contributed by atoms with van der Waals surface area (Å²) in [5, 5.41) is 13.7. The molecule has 3 N–H and O–H groups in total. The number of pyridine rings is 1. The smallest absolute Gasteiger partial charge is 0.321 e. The fraction of sp³-hybridized carbons (Fsp3) is 0.174. The second kappa shape index (κ2) is 8.08. The summed E-state index contributed by atoms with van der Waals surface area (Å²) in [5.74, 6) is 0.376. The molecule has 0 atom stereocenters. The van der Waals surface area contributed by atoms with Gasteiger partial charge in [-0.05, 0) is 31.5 Å². The fourth-order valence-electron chi connectivity index (χ4n) is 3.42. The summed E-state index contributed by atoms with van der Waals surface area (Å²) in [7, 11) is -3.27. The normalized spacial score (nSPS) is 12.0. The van der Waals surface area contributed by atoms with E-state index < -0.39 is 15.4 Å². The van der Waals surface area contributed by atoms with Crippen LogP contribution < -0.4 is 10.6 Å². The predicted octanol–water partition coefficient (Wildman–Crippen LogP) is 4.09. The molecular formula is C23H23N5O3S. The number of anilines is 1. The van der Waals surface area contributed by atoms with Crippen LogP contribution in [0.15, 0.2) is 71.8 Å². The molecule has 0 spiro atoms. The van der Waals surface area contributed by atoms with Gasteiger partial charge < -0.3 is 5.32 Å². The van der Waals surface area contributed by atoms with Crippen LogP contribution in [0, 0.1) is 0 Å². The highest BCUT2D eigenvalue weighted by molar-refractivity contribution is 7.90. The molecule has 4 aromatic rings. The second-order valence-corrected chi connectivity index (χ2v) is 10.1. The van der Waals surface area contributed by atoms with Crippen molar-refractivity contribution in [1.82, 2.24) is 20.5 Å². The van der Waals surface area contributed by atoms with Crippen molar-refractivity contribution in [2.75, 3.05) is 11.6 Å². The van der Waals surface area contributed by atoms with E-state index in [1.807, 2.05) is 44.2 Å². The van der Waals surface area contributed by atoms with Crippen LogP contribution in [0.4, 0.5) is 10.6 Å². The van der Waals surface area contributed by atoms with Crippen molar-refractivity contribution in [3.05, 3.63) is 72.4 Å². The Bertz CT molecular complexity index is 1380. The molecule has 2 heterocycles. The van der Waals surface area contributed by atoms with Crippen LogP contribution in [0.5, 0.6) is 0 Å². The minimum atomic E-state index is -3.27. The standard InChI is InChI=1S/C23H23N5O3S/c1-23(2,16-7-5-4-6-8-16)26-22(29)25-20-13-19-18(14-24-20)21(28-27-19)15-9-11-17(12-10-15)32(3,30)31/h4-14H,1-3H3,(H,27,28)(H2,24,25,26,29). The van der Waals surface area contributed by atoms with Gasteiger partial charge in [-0.3, -0.25) is 10.4 Å². The van der Waals surface area contributed by atoms with Gasteiger partial charge in [0.15, 0.2) is 9.84 Å². The zero-order chi connectivity index (χ0) is 22.9. The summed E-state index contributed by atoms with van der Waals surface area (Å²) in [6.45, 7) is 3.85. The lowest BCUT2D eigenvalue weighted by Crippen LogP contribution is -2.43. The molecular weight excluding hydrogens is 426 g/mol. The SMILES string of the molecule is CC(C)(NC(=O)Nc1cc2[nH]nc(-c3ccc(S(C)(=O)=O)cc3)c2cn1)c1ccccc1. The number of hydrogen-bond acceptors (Lipinski definition) is 5. The van der Waals surface area contributed by atoms with Crippen LogP contribution in [0.3, 0.4) is 0 Å². The van der Waals surface area contributed by atoms with Crippen LogP contribution in [0.2, 0.25) is 0 Å². The first-order chi connectivity index (χ1) is 15.1. The van der Waals surface area contributed by atoms with Gasteiger partial charge in [-0.1, -0.05) is 42.5 Å². The number of nitrogens with one attached hydrogen (secondary N) is 3. The van der Waals surface area contributed by atoms with Crippen LogP contribution >= 0.6 is 0 Å². The molecule has 4 rings (SSSR count). The van der Waals surface area contributed by atoms with Crippen LogP contribution in [-0.2, 0) is 15.4 Å². The number of carbonyl (C=O) groups excluding carboxylic acids is 1. The Labute approximate surface area is 186 Å². The first-order valence-electron chi connectivity index (χ1n) is 9.93. The molecule has 0 aliphatic rings. The van der Waals surface area contributed by atoms with Crippen molar-refractivity contribution in [3.63, 3.8) is 0 Å². The van der Waals surface area contributed by atoms with Gasteiger partial charge in [-0.25, -0.2) is 18.2 Å². The summed E-state index contributed by atoms with van der Waals surface area (Å²) in [6, 6.07) is 17.5. The maximum Gasteiger partial charge on any atom is 0.321 e. The number of aromatic nitrogens is 3. The van der Waals surface area contributed by atoms with Gasteiger partial charge in [0, 0.05) is 29.5 Å². The summed E-state index contributed by atoms with van der Waals surface area (Å²) in [4.78, 5) is 17.1. The lowest BCUT2D eigenvalue weighted by molar-refractivity contribution is 0.242. The molecule has 0 fully saturated rings. The number of aromatic amines is 1. The zero-order valence-electron chi connectivity index (χ0n) is 17.9. The van der Waals surface area contributed by atoms with Crippen molar-refractivity contribution < 1.29 is 13.2 Å². The molecule has 164 valence electrons. The number of benzene rings is 2. The zero-order valence-corrected chi connectivity index (χ0v) is 18.7. The molecule has 0 saturated heterocycles. The monoisotopic (exact) mass is 449 g/mol. The van der Waals surface area contributed by atoms with Crippen LogP contribution in [0.25, 0.3) is 22.2 Å². The molecule has 0 unspecified atom stereocenters. The molecule has 2 amide bonds. The number of fused-ring (bicyclic) bond motifs is 1. The van der Waals surface area contributed by atoms with Crippen molar-refractivity contribution in [1.29, 1.82) is 0 Å². The minimum absolute atomic E-state index is 0.246. The van der Waals surface area contributed by atoms with Crippen molar-refractivity contribution in [2.24, 2.45) is 0 Å². The Kier molecular flexibility index (Phi) is 5.43. The highest BCUT2D eigenvalue weighted by atomic mass is 32.2. The van der Waals surface area contributed by atoms with Crippen molar-refractivity contribution >= 4 is 32.6 Å². The molecule has 0 bridgehead atoms. The summed E-state index contributed by atoms with van der Waals surface area (Å²) >= 11 is 0. The quantitative estimate of drug-likeness (QED) is 0.424. The molecule has 9 heteroatoms. The fourth-order valence-corrected chi connectivity index (χ4v) is 4.05. The molecule has 2 aromatic carbocycles. The summed E-state index contributed by atoms with van der Waals surface area (Å²) < 4.78 is 23.3. The number of amides is 2. The van der Waals surface area contributed by atoms with Gasteiger partial charge >= 0.3 is 6.03 Å². The molecule has 8 nitrogen and oxygen atoms in total. The third-order valence-electron chi connectivity index (χ3n) is 5.17. The molecule has 0 saturated carbocycles. The van der Waals surface area contributed by atoms with Gasteiger partial charge in [0.05, 0.1) is 16.0 Å². The lowest BCUT2D eigenvalue weighted by Gasteiger charge is -2.26. The molecule has 0 aliphatic carbocycles. The largest absolute Gasteiger partial charge is 0.329 e. The number of rotatable bonds is 5. The van der Waals surface area contributed by atoms with Gasteiger partial charge in [0.1, 0.15) is 11.5 Å². The Morgan fingerprint density at radius 1 is 1.03 bits per heavy atom. The molecule has 32 heavy (non-hydrogen) atoms. The van der Waals surface area contributed by atoms with Gasteiger partial charge in [-0.15, -0.1) is 0 Å². The number of H-pyrrole nitrogens is 1. The first kappa shape index (κ1) is 21.5. The average molecular weight is 450 g/mol. The van der Waals surface area contributed by atoms with Crippen LogP contribution in [-0.4, -0.2) is 35.9 Å².